The van der Waals surface area contributed by atoms with Crippen LogP contribution in [0, 0.1) is 0 Å². The summed E-state index contributed by atoms with van der Waals surface area (Å²) in [6.07, 6.45) is 0.957. The van der Waals surface area contributed by atoms with Crippen molar-refractivity contribution >= 4 is 43.2 Å². The second-order valence-electron chi connectivity index (χ2n) is 7.80. The first kappa shape index (κ1) is 26.3. The van der Waals surface area contributed by atoms with E-state index in [9.17, 15) is 26.4 Å². The van der Waals surface area contributed by atoms with Gasteiger partial charge in [-0.25, -0.2) is 21.6 Å². The van der Waals surface area contributed by atoms with E-state index in [1.165, 1.54) is 25.1 Å². The highest BCUT2D eigenvalue weighted by Gasteiger charge is 2.18. The lowest BCUT2D eigenvalue weighted by Gasteiger charge is -2.15. The molecule has 10 nitrogen and oxygen atoms in total. The molecule has 0 aliphatic heterocycles. The SMILES string of the molecule is CC(=O)Nc1ccc(NS(C)(=O)=O)c(C(=O)NCc2ccccc2CS(=O)(=O)NC(C)C)c1. The quantitative estimate of drug-likeness (QED) is 0.394. The van der Waals surface area contributed by atoms with E-state index in [0.29, 0.717) is 16.8 Å². The van der Waals surface area contributed by atoms with Gasteiger partial charge in [0.15, 0.2) is 0 Å². The summed E-state index contributed by atoms with van der Waals surface area (Å²) in [5.74, 6) is -1.21. The molecular formula is C21H28N4O6S2. The molecule has 33 heavy (non-hydrogen) atoms. The third kappa shape index (κ3) is 8.83. The Morgan fingerprint density at radius 1 is 0.970 bits per heavy atom. The number of sulfonamides is 2. The molecule has 2 rings (SSSR count). The van der Waals surface area contributed by atoms with Gasteiger partial charge in [0.05, 0.1) is 23.3 Å². The van der Waals surface area contributed by atoms with Crippen molar-refractivity contribution in [1.29, 1.82) is 0 Å². The molecule has 0 aromatic heterocycles. The number of anilines is 2. The van der Waals surface area contributed by atoms with Gasteiger partial charge in [-0.15, -0.1) is 0 Å². The summed E-state index contributed by atoms with van der Waals surface area (Å²) in [6.45, 7) is 4.76. The van der Waals surface area contributed by atoms with E-state index in [1.54, 1.807) is 38.1 Å². The van der Waals surface area contributed by atoms with Crippen LogP contribution in [-0.2, 0) is 37.1 Å². The van der Waals surface area contributed by atoms with Crippen molar-refractivity contribution in [3.8, 4) is 0 Å². The van der Waals surface area contributed by atoms with Gasteiger partial charge in [0.25, 0.3) is 5.91 Å². The molecule has 2 aromatic carbocycles. The molecule has 0 bridgehead atoms. The Morgan fingerprint density at radius 2 is 1.61 bits per heavy atom. The van der Waals surface area contributed by atoms with Gasteiger partial charge in [-0.1, -0.05) is 24.3 Å². The molecule has 0 radical (unpaired) electrons. The molecule has 0 atom stereocenters. The van der Waals surface area contributed by atoms with E-state index in [0.717, 1.165) is 6.26 Å². The minimum atomic E-state index is -3.66. The molecule has 0 aliphatic rings. The summed E-state index contributed by atoms with van der Waals surface area (Å²) in [5, 5.41) is 5.23. The van der Waals surface area contributed by atoms with Crippen LogP contribution in [0.4, 0.5) is 11.4 Å². The number of benzene rings is 2. The lowest BCUT2D eigenvalue weighted by molar-refractivity contribution is -0.114. The van der Waals surface area contributed by atoms with E-state index < -0.39 is 26.0 Å². The summed E-state index contributed by atoms with van der Waals surface area (Å²) in [7, 11) is -7.24. The van der Waals surface area contributed by atoms with Gasteiger partial charge in [-0.2, -0.15) is 0 Å². The van der Waals surface area contributed by atoms with Crippen LogP contribution in [0.3, 0.4) is 0 Å². The minimum absolute atomic E-state index is 0.00162. The average Bonchev–Trinajstić information content (AvgIpc) is 2.65. The molecule has 2 amide bonds. The van der Waals surface area contributed by atoms with Crippen molar-refractivity contribution < 1.29 is 26.4 Å². The monoisotopic (exact) mass is 496 g/mol. The van der Waals surface area contributed by atoms with Gasteiger partial charge in [-0.3, -0.25) is 14.3 Å². The predicted molar refractivity (Wildman–Crippen MR) is 128 cm³/mol. The van der Waals surface area contributed by atoms with Crippen LogP contribution < -0.4 is 20.1 Å². The smallest absolute Gasteiger partial charge is 0.253 e. The number of amides is 2. The molecule has 2 aromatic rings. The molecule has 0 saturated heterocycles. The highest BCUT2D eigenvalue weighted by molar-refractivity contribution is 7.92. The molecule has 12 heteroatoms. The van der Waals surface area contributed by atoms with E-state index in [1.807, 2.05) is 0 Å². The van der Waals surface area contributed by atoms with E-state index in [2.05, 4.69) is 20.1 Å². The Bertz CT molecular complexity index is 1240. The Hall–Kier alpha value is -2.96. The van der Waals surface area contributed by atoms with Gasteiger partial charge >= 0.3 is 0 Å². The number of carbonyl (C=O) groups is 2. The van der Waals surface area contributed by atoms with Crippen LogP contribution in [0.2, 0.25) is 0 Å². The van der Waals surface area contributed by atoms with Crippen molar-refractivity contribution in [2.24, 2.45) is 0 Å². The maximum atomic E-state index is 12.9. The van der Waals surface area contributed by atoms with Crippen molar-refractivity contribution in [2.75, 3.05) is 16.3 Å². The maximum Gasteiger partial charge on any atom is 0.253 e. The van der Waals surface area contributed by atoms with Gasteiger partial charge < -0.3 is 10.6 Å². The number of hydrogen-bond acceptors (Lipinski definition) is 6. The second kappa shape index (κ2) is 10.8. The van der Waals surface area contributed by atoms with Crippen molar-refractivity contribution in [3.05, 3.63) is 59.2 Å². The highest BCUT2D eigenvalue weighted by Crippen LogP contribution is 2.22. The summed E-state index contributed by atoms with van der Waals surface area (Å²) < 4.78 is 52.8. The predicted octanol–water partition coefficient (Wildman–Crippen LogP) is 1.77. The molecule has 4 N–H and O–H groups in total. The van der Waals surface area contributed by atoms with Gasteiger partial charge in [0.1, 0.15) is 0 Å². The first-order valence-corrected chi connectivity index (χ1v) is 13.5. The summed E-state index contributed by atoms with van der Waals surface area (Å²) >= 11 is 0. The molecular weight excluding hydrogens is 468 g/mol. The van der Waals surface area contributed by atoms with Crippen molar-refractivity contribution in [1.82, 2.24) is 10.0 Å². The normalized spacial score (nSPS) is 11.8. The Morgan fingerprint density at radius 3 is 2.18 bits per heavy atom. The average molecular weight is 497 g/mol. The minimum Gasteiger partial charge on any atom is -0.348 e. The van der Waals surface area contributed by atoms with E-state index in [-0.39, 0.29) is 35.5 Å². The number of rotatable bonds is 10. The summed E-state index contributed by atoms with van der Waals surface area (Å²) in [6, 6.07) is 10.7. The van der Waals surface area contributed by atoms with Gasteiger partial charge in [0.2, 0.25) is 26.0 Å². The lowest BCUT2D eigenvalue weighted by atomic mass is 10.1. The zero-order chi connectivity index (χ0) is 24.8. The standard InChI is InChI=1S/C21H28N4O6S2/c1-14(2)24-33(30,31)13-17-8-6-5-7-16(17)12-22-21(27)19-11-18(23-15(3)26)9-10-20(19)25-32(4,28)29/h5-11,14,24-25H,12-13H2,1-4H3,(H,22,27)(H,23,26). The molecule has 0 saturated carbocycles. The first-order chi connectivity index (χ1) is 15.3. The zero-order valence-electron chi connectivity index (χ0n) is 18.8. The third-order valence-corrected chi connectivity index (χ3v) is 6.31. The fourth-order valence-electron chi connectivity index (χ4n) is 3.05. The topological polar surface area (TPSA) is 151 Å². The lowest BCUT2D eigenvalue weighted by Crippen LogP contribution is -2.32. The number of carbonyl (C=O) groups excluding carboxylic acids is 2. The first-order valence-electron chi connectivity index (χ1n) is 10.00. The molecule has 180 valence electrons. The van der Waals surface area contributed by atoms with Crippen LogP contribution in [0.5, 0.6) is 0 Å². The Balaban J connectivity index is 2.28. The van der Waals surface area contributed by atoms with E-state index >= 15 is 0 Å². The number of nitrogens with one attached hydrogen (secondary N) is 4. The van der Waals surface area contributed by atoms with Crippen LogP contribution in [0.15, 0.2) is 42.5 Å². The highest BCUT2D eigenvalue weighted by atomic mass is 32.2. The zero-order valence-corrected chi connectivity index (χ0v) is 20.4. The van der Waals surface area contributed by atoms with E-state index in [4.69, 9.17) is 0 Å². The number of hydrogen-bond donors (Lipinski definition) is 4. The third-order valence-electron chi connectivity index (χ3n) is 4.20. The van der Waals surface area contributed by atoms with Crippen LogP contribution in [-0.4, -0.2) is 40.9 Å². The molecule has 0 unspecified atom stereocenters. The van der Waals surface area contributed by atoms with Crippen LogP contribution in [0.1, 0.15) is 42.3 Å². The molecule has 0 heterocycles. The van der Waals surface area contributed by atoms with Gasteiger partial charge in [-0.05, 0) is 43.2 Å². The second-order valence-corrected chi connectivity index (χ2v) is 11.3. The van der Waals surface area contributed by atoms with Crippen molar-refractivity contribution in [2.45, 2.75) is 39.1 Å². The molecule has 0 spiro atoms. The fraction of sp³-hybridized carbons (Fsp3) is 0.333. The molecule has 0 aliphatic carbocycles. The maximum absolute atomic E-state index is 12.9. The Labute approximate surface area is 194 Å². The molecule has 0 fully saturated rings. The largest absolute Gasteiger partial charge is 0.348 e. The van der Waals surface area contributed by atoms with Gasteiger partial charge in [0, 0.05) is 25.2 Å². The fourth-order valence-corrected chi connectivity index (χ4v) is 5.12. The van der Waals surface area contributed by atoms with Crippen molar-refractivity contribution in [3.63, 3.8) is 0 Å². The Kier molecular flexibility index (Phi) is 8.58. The summed E-state index contributed by atoms with van der Waals surface area (Å²) in [5.41, 5.74) is 1.47. The van der Waals surface area contributed by atoms with Crippen LogP contribution >= 0.6 is 0 Å². The van der Waals surface area contributed by atoms with Crippen LogP contribution in [0.25, 0.3) is 0 Å². The summed E-state index contributed by atoms with van der Waals surface area (Å²) in [4.78, 5) is 24.3.